The highest BCUT2D eigenvalue weighted by atomic mass is 35.5. The number of benzene rings is 1. The normalized spacial score (nSPS) is 12.2. The van der Waals surface area contributed by atoms with Crippen molar-refractivity contribution in [3.63, 3.8) is 0 Å². The van der Waals surface area contributed by atoms with Crippen LogP contribution in [0.15, 0.2) is 34.5 Å². The highest BCUT2D eigenvalue weighted by molar-refractivity contribution is 6.36. The van der Waals surface area contributed by atoms with E-state index in [-0.39, 0.29) is 28.0 Å². The number of hydrogen-bond donors (Lipinski definition) is 2. The molecule has 1 aromatic rings. The second kappa shape index (κ2) is 9.88. The Morgan fingerprint density at radius 3 is 2.50 bits per heavy atom. The smallest absolute Gasteiger partial charge is 0.252 e. The number of carbonyl (C=O) groups excluding carboxylic acids is 2. The summed E-state index contributed by atoms with van der Waals surface area (Å²) in [6.07, 6.45) is 3.47. The van der Waals surface area contributed by atoms with Crippen molar-refractivity contribution in [3.8, 4) is 0 Å². The zero-order chi connectivity index (χ0) is 18.1. The van der Waals surface area contributed by atoms with Crippen LogP contribution in [-0.2, 0) is 4.79 Å². The number of aliphatic imine (C=N–C) groups is 1. The fourth-order valence-corrected chi connectivity index (χ4v) is 2.36. The Bertz CT molecular complexity index is 666. The number of aliphatic hydroxyl groups is 1. The molecule has 0 saturated carbocycles. The maximum absolute atomic E-state index is 12.2. The number of rotatable bonds is 8. The van der Waals surface area contributed by atoms with Crippen molar-refractivity contribution in [1.29, 1.82) is 0 Å². The number of amides is 1. The van der Waals surface area contributed by atoms with Crippen LogP contribution >= 0.6 is 11.6 Å². The SMILES string of the molecule is CCCC(=O)C(C=Nc1cccc(C(=O)NC)c1Cl)=C(O)CCC. The van der Waals surface area contributed by atoms with Crippen molar-refractivity contribution in [1.82, 2.24) is 5.32 Å². The van der Waals surface area contributed by atoms with Crippen molar-refractivity contribution >= 4 is 35.2 Å². The largest absolute Gasteiger partial charge is 0.512 e. The number of aliphatic hydroxyl groups excluding tert-OH is 1. The van der Waals surface area contributed by atoms with Gasteiger partial charge in [-0.2, -0.15) is 0 Å². The van der Waals surface area contributed by atoms with Crippen molar-refractivity contribution in [2.75, 3.05) is 7.05 Å². The molecule has 0 aliphatic carbocycles. The van der Waals surface area contributed by atoms with E-state index in [4.69, 9.17) is 11.6 Å². The molecule has 6 heteroatoms. The van der Waals surface area contributed by atoms with Crippen molar-refractivity contribution in [3.05, 3.63) is 40.1 Å². The lowest BCUT2D eigenvalue weighted by atomic mass is 10.0. The highest BCUT2D eigenvalue weighted by Crippen LogP contribution is 2.28. The monoisotopic (exact) mass is 350 g/mol. The van der Waals surface area contributed by atoms with Crippen LogP contribution in [0.5, 0.6) is 0 Å². The molecule has 0 spiro atoms. The molecule has 0 aromatic heterocycles. The first kappa shape index (κ1) is 19.9. The fraction of sp³-hybridized carbons (Fsp3) is 0.389. The number of allylic oxidation sites excluding steroid dienone is 2. The van der Waals surface area contributed by atoms with Crippen LogP contribution in [0.2, 0.25) is 5.02 Å². The van der Waals surface area contributed by atoms with E-state index in [1.54, 1.807) is 18.2 Å². The van der Waals surface area contributed by atoms with Gasteiger partial charge in [-0.05, 0) is 25.0 Å². The van der Waals surface area contributed by atoms with E-state index in [0.717, 1.165) is 6.42 Å². The Morgan fingerprint density at radius 2 is 1.92 bits per heavy atom. The molecule has 0 unspecified atom stereocenters. The molecule has 0 atom stereocenters. The summed E-state index contributed by atoms with van der Waals surface area (Å²) in [6, 6.07) is 4.89. The molecule has 130 valence electrons. The lowest BCUT2D eigenvalue weighted by molar-refractivity contribution is -0.115. The quantitative estimate of drug-likeness (QED) is 0.414. The zero-order valence-corrected chi connectivity index (χ0v) is 15.0. The molecular weight excluding hydrogens is 328 g/mol. The van der Waals surface area contributed by atoms with E-state index in [1.165, 1.54) is 13.3 Å². The highest BCUT2D eigenvalue weighted by Gasteiger charge is 2.14. The molecule has 24 heavy (non-hydrogen) atoms. The summed E-state index contributed by atoms with van der Waals surface area (Å²) >= 11 is 6.21. The van der Waals surface area contributed by atoms with Gasteiger partial charge in [-0.25, -0.2) is 0 Å². The first-order valence-electron chi connectivity index (χ1n) is 7.96. The summed E-state index contributed by atoms with van der Waals surface area (Å²) in [6.45, 7) is 3.81. The average molecular weight is 351 g/mol. The van der Waals surface area contributed by atoms with E-state index >= 15 is 0 Å². The molecule has 5 nitrogen and oxygen atoms in total. The van der Waals surface area contributed by atoms with Gasteiger partial charge in [-0.15, -0.1) is 0 Å². The van der Waals surface area contributed by atoms with E-state index < -0.39 is 0 Å². The van der Waals surface area contributed by atoms with Gasteiger partial charge >= 0.3 is 0 Å². The van der Waals surface area contributed by atoms with Gasteiger partial charge in [0, 0.05) is 26.1 Å². The first-order valence-corrected chi connectivity index (χ1v) is 8.33. The third-order valence-corrected chi connectivity index (χ3v) is 3.76. The van der Waals surface area contributed by atoms with Gasteiger partial charge in [0.15, 0.2) is 5.78 Å². The molecule has 0 saturated heterocycles. The minimum absolute atomic E-state index is 0.0262. The Kier molecular flexibility index (Phi) is 8.19. The molecule has 1 aromatic carbocycles. The van der Waals surface area contributed by atoms with E-state index in [2.05, 4.69) is 10.3 Å². The van der Waals surface area contributed by atoms with E-state index in [9.17, 15) is 14.7 Å². The third-order valence-electron chi connectivity index (χ3n) is 3.36. The molecule has 0 heterocycles. The number of ketones is 1. The van der Waals surface area contributed by atoms with Crippen LogP contribution in [0.4, 0.5) is 5.69 Å². The summed E-state index contributed by atoms with van der Waals surface area (Å²) in [5.74, 6) is -0.451. The molecule has 0 fully saturated rings. The third kappa shape index (κ3) is 5.20. The summed E-state index contributed by atoms with van der Waals surface area (Å²) in [5, 5.41) is 12.8. The predicted octanol–water partition coefficient (Wildman–Crippen LogP) is 4.38. The molecule has 2 N–H and O–H groups in total. The van der Waals surface area contributed by atoms with Crippen LogP contribution in [0.1, 0.15) is 49.9 Å². The van der Waals surface area contributed by atoms with E-state index in [1.807, 2.05) is 13.8 Å². The van der Waals surface area contributed by atoms with Crippen LogP contribution in [0, 0.1) is 0 Å². The number of carbonyl (C=O) groups is 2. The van der Waals surface area contributed by atoms with Crippen LogP contribution in [0.25, 0.3) is 0 Å². The zero-order valence-electron chi connectivity index (χ0n) is 14.2. The summed E-state index contributed by atoms with van der Waals surface area (Å²) < 4.78 is 0. The van der Waals surface area contributed by atoms with Gasteiger partial charge in [0.25, 0.3) is 5.91 Å². The number of halogens is 1. The Labute approximate surface area is 147 Å². The standard InChI is InChI=1S/C18H23ClN2O3/c1-4-7-15(22)13(16(23)8-5-2)11-21-14-10-6-9-12(17(14)19)18(24)20-3/h6,9-11,22H,4-5,7-8H2,1-3H3,(H,20,24). The lowest BCUT2D eigenvalue weighted by Crippen LogP contribution is -2.18. The lowest BCUT2D eigenvalue weighted by Gasteiger charge is -2.07. The van der Waals surface area contributed by atoms with Crippen LogP contribution in [-0.4, -0.2) is 30.1 Å². The average Bonchev–Trinajstić information content (AvgIpc) is 2.56. The second-order valence-electron chi connectivity index (χ2n) is 5.26. The first-order chi connectivity index (χ1) is 11.5. The molecule has 0 bridgehead atoms. The number of nitrogens with zero attached hydrogens (tertiary/aromatic N) is 1. The second-order valence-corrected chi connectivity index (χ2v) is 5.64. The van der Waals surface area contributed by atoms with Gasteiger partial charge in [0.2, 0.25) is 0 Å². The maximum Gasteiger partial charge on any atom is 0.252 e. The molecular formula is C18H23ClN2O3. The summed E-state index contributed by atoms with van der Waals surface area (Å²) in [4.78, 5) is 28.2. The topological polar surface area (TPSA) is 78.8 Å². The van der Waals surface area contributed by atoms with Crippen molar-refractivity contribution < 1.29 is 14.7 Å². The molecule has 1 rings (SSSR count). The van der Waals surface area contributed by atoms with Gasteiger partial charge in [-0.1, -0.05) is 31.5 Å². The van der Waals surface area contributed by atoms with Gasteiger partial charge in [0.05, 0.1) is 21.8 Å². The summed E-state index contributed by atoms with van der Waals surface area (Å²) in [5.41, 5.74) is 0.862. The molecule has 0 aliphatic heterocycles. The van der Waals surface area contributed by atoms with Crippen molar-refractivity contribution in [2.45, 2.75) is 39.5 Å². The Morgan fingerprint density at radius 1 is 1.25 bits per heavy atom. The van der Waals surface area contributed by atoms with Crippen molar-refractivity contribution in [2.24, 2.45) is 4.99 Å². The van der Waals surface area contributed by atoms with Crippen LogP contribution < -0.4 is 5.32 Å². The molecule has 1 amide bonds. The van der Waals surface area contributed by atoms with Gasteiger partial charge in [-0.3, -0.25) is 14.6 Å². The van der Waals surface area contributed by atoms with Crippen LogP contribution in [0.3, 0.4) is 0 Å². The minimum atomic E-state index is -0.316. The van der Waals surface area contributed by atoms with E-state index in [0.29, 0.717) is 30.5 Å². The molecule has 0 aliphatic rings. The Hall–Kier alpha value is -2.14. The molecule has 0 radical (unpaired) electrons. The Balaban J connectivity index is 3.22. The minimum Gasteiger partial charge on any atom is -0.512 e. The fourth-order valence-electron chi connectivity index (χ4n) is 2.10. The maximum atomic E-state index is 12.2. The number of Topliss-reactive ketones (excluding diaryl/α,β-unsaturated/α-hetero) is 1. The van der Waals surface area contributed by atoms with Gasteiger partial charge in [0.1, 0.15) is 5.76 Å². The van der Waals surface area contributed by atoms with Gasteiger partial charge < -0.3 is 10.4 Å². The number of hydrogen-bond acceptors (Lipinski definition) is 4. The predicted molar refractivity (Wildman–Crippen MR) is 97.5 cm³/mol. The summed E-state index contributed by atoms with van der Waals surface area (Å²) in [7, 11) is 1.52. The number of nitrogens with one attached hydrogen (secondary N) is 1.